The number of hydrogen-bond donors (Lipinski definition) is 1. The summed E-state index contributed by atoms with van der Waals surface area (Å²) in [5.74, 6) is -0.209. The molecule has 1 N–H and O–H groups in total. The van der Waals surface area contributed by atoms with Crippen molar-refractivity contribution in [1.29, 1.82) is 0 Å². The Kier molecular flexibility index (Phi) is 2.69. The third-order valence-electron chi connectivity index (χ3n) is 1.58. The SMILES string of the molecule is COC1=CC=C(C(=O)O)CC=C1. The highest BCUT2D eigenvalue weighted by molar-refractivity contribution is 5.87. The highest BCUT2D eigenvalue weighted by Gasteiger charge is 2.05. The van der Waals surface area contributed by atoms with E-state index in [-0.39, 0.29) is 0 Å². The van der Waals surface area contributed by atoms with Crippen molar-refractivity contribution in [2.75, 3.05) is 7.11 Å². The van der Waals surface area contributed by atoms with E-state index in [4.69, 9.17) is 9.84 Å². The van der Waals surface area contributed by atoms with E-state index in [1.54, 1.807) is 31.4 Å². The lowest BCUT2D eigenvalue weighted by molar-refractivity contribution is -0.132. The molecule has 0 atom stereocenters. The molecule has 0 radical (unpaired) electrons. The van der Waals surface area contributed by atoms with Crippen LogP contribution < -0.4 is 0 Å². The summed E-state index contributed by atoms with van der Waals surface area (Å²) in [6.45, 7) is 0. The molecule has 64 valence electrons. The second-order valence-electron chi connectivity index (χ2n) is 2.38. The average Bonchev–Trinajstić information content (AvgIpc) is 2.28. The number of hydrogen-bond acceptors (Lipinski definition) is 2. The smallest absolute Gasteiger partial charge is 0.331 e. The lowest BCUT2D eigenvalue weighted by Gasteiger charge is -1.94. The van der Waals surface area contributed by atoms with Gasteiger partial charge in [0.25, 0.3) is 0 Å². The zero-order valence-corrected chi connectivity index (χ0v) is 6.78. The summed E-state index contributed by atoms with van der Waals surface area (Å²) >= 11 is 0. The average molecular weight is 166 g/mol. The molecule has 0 amide bonds. The Morgan fingerprint density at radius 1 is 1.58 bits per heavy atom. The molecule has 1 aliphatic rings. The lowest BCUT2D eigenvalue weighted by Crippen LogP contribution is -1.98. The van der Waals surface area contributed by atoms with Crippen LogP contribution in [0.1, 0.15) is 6.42 Å². The Morgan fingerprint density at radius 3 is 2.92 bits per heavy atom. The predicted octanol–water partition coefficient (Wildman–Crippen LogP) is 1.49. The number of aliphatic carboxylic acids is 1. The Labute approximate surface area is 70.7 Å². The Bertz CT molecular complexity index is 271. The zero-order valence-electron chi connectivity index (χ0n) is 6.78. The minimum absolute atomic E-state index is 0.373. The van der Waals surface area contributed by atoms with Gasteiger partial charge < -0.3 is 9.84 Å². The van der Waals surface area contributed by atoms with E-state index in [1.807, 2.05) is 0 Å². The molecule has 0 unspecified atom stereocenters. The summed E-state index contributed by atoms with van der Waals surface area (Å²) in [6.07, 6.45) is 7.17. The second kappa shape index (κ2) is 3.76. The van der Waals surface area contributed by atoms with Crippen LogP contribution in [0.25, 0.3) is 0 Å². The summed E-state index contributed by atoms with van der Waals surface area (Å²) in [5.41, 5.74) is 0.373. The highest BCUT2D eigenvalue weighted by atomic mass is 16.5. The lowest BCUT2D eigenvalue weighted by atomic mass is 10.2. The van der Waals surface area contributed by atoms with Gasteiger partial charge in [0.1, 0.15) is 5.76 Å². The van der Waals surface area contributed by atoms with Crippen molar-refractivity contribution in [3.05, 3.63) is 35.6 Å². The fourth-order valence-electron chi connectivity index (χ4n) is 0.903. The van der Waals surface area contributed by atoms with Gasteiger partial charge in [0, 0.05) is 5.57 Å². The van der Waals surface area contributed by atoms with E-state index in [0.717, 1.165) is 0 Å². The van der Waals surface area contributed by atoms with Crippen LogP contribution in [0.2, 0.25) is 0 Å². The van der Waals surface area contributed by atoms with Crippen LogP contribution in [-0.4, -0.2) is 18.2 Å². The van der Waals surface area contributed by atoms with Gasteiger partial charge >= 0.3 is 5.97 Å². The number of carboxylic acid groups (broad SMARTS) is 1. The standard InChI is InChI=1S/C9H10O3/c1-12-8-4-2-3-7(5-6-8)9(10)11/h2,4-6H,3H2,1H3,(H,10,11). The highest BCUT2D eigenvalue weighted by Crippen LogP contribution is 2.11. The van der Waals surface area contributed by atoms with Gasteiger partial charge in [-0.2, -0.15) is 0 Å². The molecular weight excluding hydrogens is 156 g/mol. The van der Waals surface area contributed by atoms with Gasteiger partial charge in [0.15, 0.2) is 0 Å². The maximum absolute atomic E-state index is 10.5. The molecule has 1 rings (SSSR count). The molecule has 12 heavy (non-hydrogen) atoms. The van der Waals surface area contributed by atoms with E-state index < -0.39 is 5.97 Å². The van der Waals surface area contributed by atoms with Crippen LogP contribution in [0.4, 0.5) is 0 Å². The van der Waals surface area contributed by atoms with Crippen molar-refractivity contribution < 1.29 is 14.6 Å². The second-order valence-corrected chi connectivity index (χ2v) is 2.38. The van der Waals surface area contributed by atoms with Crippen LogP contribution in [0.3, 0.4) is 0 Å². The first kappa shape index (κ1) is 8.59. The fraction of sp³-hybridized carbons (Fsp3) is 0.222. The third-order valence-corrected chi connectivity index (χ3v) is 1.58. The van der Waals surface area contributed by atoms with Gasteiger partial charge in [-0.1, -0.05) is 6.08 Å². The third kappa shape index (κ3) is 1.99. The molecule has 1 aliphatic carbocycles. The quantitative estimate of drug-likeness (QED) is 0.676. The molecule has 0 aromatic carbocycles. The number of carbonyl (C=O) groups is 1. The van der Waals surface area contributed by atoms with E-state index in [1.165, 1.54) is 0 Å². The Hall–Kier alpha value is -1.51. The maximum Gasteiger partial charge on any atom is 0.331 e. The summed E-state index contributed by atoms with van der Waals surface area (Å²) in [6, 6.07) is 0. The first-order chi connectivity index (χ1) is 5.74. The molecule has 3 nitrogen and oxygen atoms in total. The van der Waals surface area contributed by atoms with Crippen LogP contribution in [-0.2, 0) is 9.53 Å². The molecule has 0 bridgehead atoms. The van der Waals surface area contributed by atoms with Gasteiger partial charge in [0.2, 0.25) is 0 Å². The van der Waals surface area contributed by atoms with E-state index in [2.05, 4.69) is 0 Å². The normalized spacial score (nSPS) is 16.1. The van der Waals surface area contributed by atoms with Crippen molar-refractivity contribution >= 4 is 5.97 Å². The number of rotatable bonds is 2. The van der Waals surface area contributed by atoms with Crippen molar-refractivity contribution in [3.63, 3.8) is 0 Å². The first-order valence-corrected chi connectivity index (χ1v) is 3.58. The van der Waals surface area contributed by atoms with Gasteiger partial charge in [-0.25, -0.2) is 4.79 Å². The molecule has 0 aromatic rings. The number of ether oxygens (including phenoxy) is 1. The molecule has 0 fully saturated rings. The molecule has 0 saturated heterocycles. The Balaban J connectivity index is 2.84. The minimum Gasteiger partial charge on any atom is -0.497 e. The monoisotopic (exact) mass is 166 g/mol. The van der Waals surface area contributed by atoms with Crippen LogP contribution in [0.15, 0.2) is 35.6 Å². The molecule has 0 heterocycles. The van der Waals surface area contributed by atoms with Crippen molar-refractivity contribution in [2.24, 2.45) is 0 Å². The Morgan fingerprint density at radius 2 is 2.33 bits per heavy atom. The largest absolute Gasteiger partial charge is 0.497 e. The summed E-state index contributed by atoms with van der Waals surface area (Å²) in [7, 11) is 1.55. The summed E-state index contributed by atoms with van der Waals surface area (Å²) < 4.78 is 4.94. The maximum atomic E-state index is 10.5. The molecule has 0 aromatic heterocycles. The van der Waals surface area contributed by atoms with Gasteiger partial charge in [-0.3, -0.25) is 0 Å². The van der Waals surface area contributed by atoms with E-state index in [0.29, 0.717) is 17.8 Å². The van der Waals surface area contributed by atoms with Gasteiger partial charge in [0.05, 0.1) is 7.11 Å². The molecule has 3 heteroatoms. The van der Waals surface area contributed by atoms with Crippen molar-refractivity contribution in [2.45, 2.75) is 6.42 Å². The molecule has 0 saturated carbocycles. The minimum atomic E-state index is -0.881. The number of methoxy groups -OCH3 is 1. The van der Waals surface area contributed by atoms with Crippen LogP contribution in [0.5, 0.6) is 0 Å². The fourth-order valence-corrected chi connectivity index (χ4v) is 0.903. The van der Waals surface area contributed by atoms with Crippen LogP contribution in [0, 0.1) is 0 Å². The molecule has 0 spiro atoms. The predicted molar refractivity (Wildman–Crippen MR) is 44.6 cm³/mol. The van der Waals surface area contributed by atoms with E-state index in [9.17, 15) is 4.79 Å². The van der Waals surface area contributed by atoms with Gasteiger partial charge in [-0.15, -0.1) is 0 Å². The van der Waals surface area contributed by atoms with Crippen LogP contribution >= 0.6 is 0 Å². The molecular formula is C9H10O3. The van der Waals surface area contributed by atoms with Crippen molar-refractivity contribution in [1.82, 2.24) is 0 Å². The topological polar surface area (TPSA) is 46.5 Å². The van der Waals surface area contributed by atoms with Gasteiger partial charge in [-0.05, 0) is 24.6 Å². The zero-order chi connectivity index (χ0) is 8.97. The summed E-state index contributed by atoms with van der Waals surface area (Å²) in [4.78, 5) is 10.5. The molecule has 0 aliphatic heterocycles. The summed E-state index contributed by atoms with van der Waals surface area (Å²) in [5, 5.41) is 8.65. The number of allylic oxidation sites excluding steroid dienone is 4. The van der Waals surface area contributed by atoms with E-state index >= 15 is 0 Å². The van der Waals surface area contributed by atoms with Crippen molar-refractivity contribution in [3.8, 4) is 0 Å². The first-order valence-electron chi connectivity index (χ1n) is 3.58. The number of carboxylic acids is 1.